The van der Waals surface area contributed by atoms with Crippen LogP contribution in [0.1, 0.15) is 0 Å². The molecule has 0 N–H and O–H groups in total. The molecule has 0 spiro atoms. The molecule has 0 aliphatic heterocycles. The van der Waals surface area contributed by atoms with Crippen molar-refractivity contribution in [2.24, 2.45) is 0 Å². The molecule has 2 heteroatoms. The molecule has 0 aliphatic carbocycles. The first-order valence-corrected chi connectivity index (χ1v) is 21.9. The first kappa shape index (κ1) is 37.3. The van der Waals surface area contributed by atoms with Crippen LogP contribution in [0.3, 0.4) is 0 Å². The van der Waals surface area contributed by atoms with Gasteiger partial charge in [-0.25, -0.2) is 0 Å². The van der Waals surface area contributed by atoms with E-state index < -0.39 is 0 Å². The highest BCUT2D eigenvalue weighted by atomic mass is 16.3. The minimum Gasteiger partial charge on any atom is -0.456 e. The van der Waals surface area contributed by atoms with Gasteiger partial charge in [-0.1, -0.05) is 194 Å². The van der Waals surface area contributed by atoms with Crippen LogP contribution in [0.15, 0.2) is 253 Å². The monoisotopic (exact) mass is 815 g/mol. The van der Waals surface area contributed by atoms with Gasteiger partial charge in [0, 0.05) is 28.0 Å². The quantitative estimate of drug-likeness (QED) is 0.142. The summed E-state index contributed by atoms with van der Waals surface area (Å²) in [4.78, 5) is 2.35. The van der Waals surface area contributed by atoms with Crippen LogP contribution in [-0.4, -0.2) is 0 Å². The van der Waals surface area contributed by atoms with Gasteiger partial charge in [0.1, 0.15) is 11.3 Å². The second kappa shape index (κ2) is 15.8. The van der Waals surface area contributed by atoms with E-state index in [1.54, 1.807) is 0 Å². The molecule has 0 aliphatic rings. The zero-order valence-corrected chi connectivity index (χ0v) is 35.0. The van der Waals surface area contributed by atoms with Gasteiger partial charge in [-0.3, -0.25) is 0 Å². The summed E-state index contributed by atoms with van der Waals surface area (Å²) in [6.07, 6.45) is 0. The maximum absolute atomic E-state index is 6.29. The summed E-state index contributed by atoms with van der Waals surface area (Å²) < 4.78 is 6.29. The number of furan rings is 1. The zero-order valence-electron chi connectivity index (χ0n) is 35.0. The van der Waals surface area contributed by atoms with Crippen molar-refractivity contribution in [3.63, 3.8) is 0 Å². The van der Waals surface area contributed by atoms with Crippen molar-refractivity contribution in [3.05, 3.63) is 249 Å². The van der Waals surface area contributed by atoms with E-state index in [0.29, 0.717) is 0 Å². The molecule has 1 heterocycles. The number of benzene rings is 11. The molecule has 1 aromatic heterocycles. The van der Waals surface area contributed by atoms with Gasteiger partial charge in [-0.2, -0.15) is 0 Å². The van der Waals surface area contributed by atoms with E-state index in [9.17, 15) is 0 Å². The van der Waals surface area contributed by atoms with Gasteiger partial charge in [0.15, 0.2) is 0 Å². The van der Waals surface area contributed by atoms with Gasteiger partial charge in [-0.15, -0.1) is 0 Å². The van der Waals surface area contributed by atoms with Crippen molar-refractivity contribution in [1.29, 1.82) is 0 Å². The number of fused-ring (bicyclic) bond motifs is 5. The standard InChI is InChI=1S/C62H41NO/c1-4-14-55-45(10-1)13-9-18-57(55)48-30-37-54(38-31-48)63(53-35-28-44(29-36-53)49-32-39-59-50(40-49)25-24-46-11-2-5-15-56(46)59)52-33-26-43(27-34-52)42-20-22-47(23-21-42)58-16-6-7-17-60(58)62-41-51-12-3-8-19-61(51)64-62/h1-41H. The average molecular weight is 816 g/mol. The highest BCUT2D eigenvalue weighted by Gasteiger charge is 2.16. The fraction of sp³-hybridized carbons (Fsp3) is 0. The van der Waals surface area contributed by atoms with Crippen LogP contribution < -0.4 is 4.90 Å². The lowest BCUT2D eigenvalue weighted by molar-refractivity contribution is 0.632. The lowest BCUT2D eigenvalue weighted by Crippen LogP contribution is -2.09. The predicted octanol–water partition coefficient (Wildman–Crippen LogP) is 17.7. The summed E-state index contributed by atoms with van der Waals surface area (Å²) in [5.74, 6) is 0.876. The van der Waals surface area contributed by atoms with Gasteiger partial charge >= 0.3 is 0 Å². The molecule has 2 nitrogen and oxygen atoms in total. The Kier molecular flexibility index (Phi) is 9.20. The first-order chi connectivity index (χ1) is 31.7. The van der Waals surface area contributed by atoms with Crippen molar-refractivity contribution in [2.45, 2.75) is 0 Å². The molecule has 0 amide bonds. The number of rotatable bonds is 8. The van der Waals surface area contributed by atoms with Crippen molar-refractivity contribution in [2.75, 3.05) is 4.90 Å². The number of hydrogen-bond donors (Lipinski definition) is 0. The summed E-state index contributed by atoms with van der Waals surface area (Å²) in [5, 5.41) is 8.68. The summed E-state index contributed by atoms with van der Waals surface area (Å²) in [5.41, 5.74) is 14.7. The van der Waals surface area contributed by atoms with E-state index >= 15 is 0 Å². The number of hydrogen-bond acceptors (Lipinski definition) is 2. The Morgan fingerprint density at radius 2 is 0.688 bits per heavy atom. The Morgan fingerprint density at radius 3 is 1.38 bits per heavy atom. The highest BCUT2D eigenvalue weighted by Crippen LogP contribution is 2.40. The Morgan fingerprint density at radius 1 is 0.250 bits per heavy atom. The molecular formula is C62H41NO. The van der Waals surface area contributed by atoms with Gasteiger partial charge in [0.25, 0.3) is 0 Å². The third kappa shape index (κ3) is 6.79. The molecular weight excluding hydrogens is 775 g/mol. The third-order valence-corrected chi connectivity index (χ3v) is 12.7. The molecule has 0 saturated heterocycles. The van der Waals surface area contributed by atoms with E-state index in [1.165, 1.54) is 54.6 Å². The minimum absolute atomic E-state index is 0.876. The number of anilines is 3. The number of para-hydroxylation sites is 1. The molecule has 12 rings (SSSR count). The second-order valence-corrected chi connectivity index (χ2v) is 16.5. The fourth-order valence-corrected chi connectivity index (χ4v) is 9.42. The molecule has 11 aromatic carbocycles. The Balaban J connectivity index is 0.875. The lowest BCUT2D eigenvalue weighted by atomic mass is 9.95. The minimum atomic E-state index is 0.876. The summed E-state index contributed by atoms with van der Waals surface area (Å²) in [6, 6.07) is 89.6. The van der Waals surface area contributed by atoms with Crippen LogP contribution in [0.4, 0.5) is 17.1 Å². The van der Waals surface area contributed by atoms with Crippen molar-refractivity contribution < 1.29 is 4.42 Å². The molecule has 0 fully saturated rings. The van der Waals surface area contributed by atoms with Crippen molar-refractivity contribution in [1.82, 2.24) is 0 Å². The normalized spacial score (nSPS) is 11.4. The molecule has 0 unspecified atom stereocenters. The van der Waals surface area contributed by atoms with E-state index in [2.05, 4.69) is 235 Å². The third-order valence-electron chi connectivity index (χ3n) is 12.7. The Labute approximate surface area is 372 Å². The second-order valence-electron chi connectivity index (χ2n) is 16.5. The van der Waals surface area contributed by atoms with Gasteiger partial charge in [0.05, 0.1) is 0 Å². The van der Waals surface area contributed by atoms with E-state index in [4.69, 9.17) is 4.42 Å². The van der Waals surface area contributed by atoms with E-state index in [-0.39, 0.29) is 0 Å². The SMILES string of the molecule is c1ccc(-c2cc3ccccc3o2)c(-c2ccc(-c3ccc(N(c4ccc(-c5ccc6c(ccc7ccccc76)c5)cc4)c4ccc(-c5cccc6ccccc56)cc4)cc3)cc2)c1. The molecule has 0 radical (unpaired) electrons. The first-order valence-electron chi connectivity index (χ1n) is 21.9. The Hall–Kier alpha value is -8.46. The fourth-order valence-electron chi connectivity index (χ4n) is 9.42. The summed E-state index contributed by atoms with van der Waals surface area (Å²) in [7, 11) is 0. The summed E-state index contributed by atoms with van der Waals surface area (Å²) >= 11 is 0. The molecule has 0 atom stereocenters. The zero-order chi connectivity index (χ0) is 42.4. The van der Waals surface area contributed by atoms with Crippen molar-refractivity contribution in [3.8, 4) is 55.8 Å². The molecule has 300 valence electrons. The van der Waals surface area contributed by atoms with E-state index in [0.717, 1.165) is 61.6 Å². The van der Waals surface area contributed by atoms with E-state index in [1.807, 2.05) is 18.2 Å². The Bertz CT molecular complexity index is 3600. The largest absolute Gasteiger partial charge is 0.456 e. The van der Waals surface area contributed by atoms with Crippen molar-refractivity contribution >= 4 is 60.3 Å². The molecule has 12 aromatic rings. The smallest absolute Gasteiger partial charge is 0.136 e. The molecule has 64 heavy (non-hydrogen) atoms. The van der Waals surface area contributed by atoms with Crippen LogP contribution in [0.2, 0.25) is 0 Å². The summed E-state index contributed by atoms with van der Waals surface area (Å²) in [6.45, 7) is 0. The maximum Gasteiger partial charge on any atom is 0.136 e. The van der Waals surface area contributed by atoms with Crippen LogP contribution >= 0.6 is 0 Å². The van der Waals surface area contributed by atoms with Crippen LogP contribution in [0.25, 0.3) is 99.1 Å². The average Bonchev–Trinajstić information content (AvgIpc) is 3.81. The predicted molar refractivity (Wildman–Crippen MR) is 271 cm³/mol. The van der Waals surface area contributed by atoms with Crippen LogP contribution in [-0.2, 0) is 0 Å². The van der Waals surface area contributed by atoms with Gasteiger partial charge in [0.2, 0.25) is 0 Å². The van der Waals surface area contributed by atoms with Gasteiger partial charge < -0.3 is 9.32 Å². The van der Waals surface area contributed by atoms with Crippen LogP contribution in [0.5, 0.6) is 0 Å². The van der Waals surface area contributed by atoms with Crippen LogP contribution in [0, 0.1) is 0 Å². The topological polar surface area (TPSA) is 16.4 Å². The van der Waals surface area contributed by atoms with Gasteiger partial charge in [-0.05, 0) is 131 Å². The molecule has 0 saturated carbocycles. The molecule has 0 bridgehead atoms. The number of nitrogens with zero attached hydrogens (tertiary/aromatic N) is 1. The highest BCUT2D eigenvalue weighted by molar-refractivity contribution is 6.08. The maximum atomic E-state index is 6.29. The lowest BCUT2D eigenvalue weighted by Gasteiger charge is -2.26.